The number of fused-ring (bicyclic) bond motifs is 3. The molecule has 4 rings (SSSR count). The molecule has 0 aliphatic heterocycles. The SMILES string of the molecule is CC(C)(O)[C@@H]1CC[C@@]2(S(=O)(=O)c3ccc(F)cc3)c3ccc(C(F)(C(F)(F)F)C(F)(F)F)cc3CC[C@@H]12. The Hall–Kier alpha value is -2.21. The molecule has 3 nitrogen and oxygen atoms in total. The van der Waals surface area contributed by atoms with Crippen LogP contribution in [0.1, 0.15) is 49.8 Å². The van der Waals surface area contributed by atoms with Crippen LogP contribution in [0.15, 0.2) is 47.4 Å². The summed E-state index contributed by atoms with van der Waals surface area (Å²) in [4.78, 5) is -0.280. The first-order chi connectivity index (χ1) is 16.8. The number of aryl methyl sites for hydroxylation is 1. The van der Waals surface area contributed by atoms with E-state index < -0.39 is 61.4 Å². The molecule has 0 unspecified atom stereocenters. The van der Waals surface area contributed by atoms with E-state index in [4.69, 9.17) is 0 Å². The molecule has 0 radical (unpaired) electrons. The number of hydrogen-bond acceptors (Lipinski definition) is 3. The van der Waals surface area contributed by atoms with Crippen LogP contribution < -0.4 is 0 Å². The normalized spacial score (nSPS) is 25.1. The predicted octanol–water partition coefficient (Wildman–Crippen LogP) is 6.53. The quantitative estimate of drug-likeness (QED) is 0.344. The maximum absolute atomic E-state index is 14.8. The van der Waals surface area contributed by atoms with Crippen LogP contribution in [0.4, 0.5) is 35.1 Å². The molecule has 2 aromatic carbocycles. The van der Waals surface area contributed by atoms with Crippen LogP contribution in [0.5, 0.6) is 0 Å². The molecule has 2 aromatic rings. The topological polar surface area (TPSA) is 54.4 Å². The first kappa shape index (κ1) is 27.8. The number of benzene rings is 2. The smallest absolute Gasteiger partial charge is 0.390 e. The Morgan fingerprint density at radius 1 is 0.892 bits per heavy atom. The minimum atomic E-state index is -6.31. The average molecular weight is 557 g/mol. The fourth-order valence-electron chi connectivity index (χ4n) is 6.22. The Kier molecular flexibility index (Phi) is 6.31. The van der Waals surface area contributed by atoms with Gasteiger partial charge in [0.1, 0.15) is 10.6 Å². The molecular formula is C25H24F8O3S. The van der Waals surface area contributed by atoms with Gasteiger partial charge in [0.25, 0.3) is 0 Å². The monoisotopic (exact) mass is 556 g/mol. The number of hydrogen-bond donors (Lipinski definition) is 1. The van der Waals surface area contributed by atoms with Crippen LogP contribution in [-0.2, 0) is 26.7 Å². The lowest BCUT2D eigenvalue weighted by Crippen LogP contribution is -2.51. The Labute approximate surface area is 208 Å². The zero-order valence-corrected chi connectivity index (χ0v) is 20.5. The summed E-state index contributed by atoms with van der Waals surface area (Å²) in [6.45, 7) is 3.00. The molecule has 1 N–H and O–H groups in total. The van der Waals surface area contributed by atoms with Gasteiger partial charge in [0.2, 0.25) is 0 Å². The van der Waals surface area contributed by atoms with Crippen molar-refractivity contribution in [2.45, 2.75) is 72.8 Å². The third-order valence-electron chi connectivity index (χ3n) is 7.89. The van der Waals surface area contributed by atoms with Gasteiger partial charge in [-0.2, -0.15) is 26.3 Å². The lowest BCUT2D eigenvalue weighted by Gasteiger charge is -2.44. The van der Waals surface area contributed by atoms with E-state index in [2.05, 4.69) is 0 Å². The zero-order chi connectivity index (χ0) is 27.8. The van der Waals surface area contributed by atoms with E-state index in [9.17, 15) is 48.6 Å². The van der Waals surface area contributed by atoms with E-state index in [1.165, 1.54) is 13.8 Å². The fourth-order valence-corrected chi connectivity index (χ4v) is 8.70. The summed E-state index contributed by atoms with van der Waals surface area (Å²) in [5, 5.41) is 10.8. The van der Waals surface area contributed by atoms with Crippen LogP contribution >= 0.6 is 0 Å². The standard InChI is InChI=1S/C25H24F8O3S/c1-21(2,34)19-11-12-22(37(35,36)17-7-5-16(26)6-8-17)18-10-4-15(13-14(18)3-9-20(19)22)23(27,24(28,29)30)25(31,32)33/h4-8,10,13,19-20,34H,3,9,11-12H2,1-2H3/t19-,20+,22-/m1/s1. The molecule has 2 aliphatic rings. The van der Waals surface area contributed by atoms with E-state index in [0.29, 0.717) is 12.1 Å². The highest BCUT2D eigenvalue weighted by molar-refractivity contribution is 7.92. The molecule has 0 aromatic heterocycles. The van der Waals surface area contributed by atoms with Crippen molar-refractivity contribution in [3.05, 3.63) is 65.0 Å². The van der Waals surface area contributed by atoms with Gasteiger partial charge in [0.15, 0.2) is 9.84 Å². The summed E-state index contributed by atoms with van der Waals surface area (Å²) in [6, 6.07) is 5.55. The summed E-state index contributed by atoms with van der Waals surface area (Å²) in [5.41, 5.74) is -8.86. The summed E-state index contributed by atoms with van der Waals surface area (Å²) < 4.78 is 135. The molecule has 0 heterocycles. The van der Waals surface area contributed by atoms with Gasteiger partial charge in [-0.25, -0.2) is 17.2 Å². The third kappa shape index (κ3) is 3.97. The van der Waals surface area contributed by atoms with Gasteiger partial charge in [-0.05, 0) is 86.8 Å². The van der Waals surface area contributed by atoms with Crippen molar-refractivity contribution in [3.8, 4) is 0 Å². The molecule has 0 bridgehead atoms. The van der Waals surface area contributed by atoms with Gasteiger partial charge in [-0.3, -0.25) is 0 Å². The maximum atomic E-state index is 14.8. The minimum Gasteiger partial charge on any atom is -0.390 e. The molecule has 0 amide bonds. The lowest BCUT2D eigenvalue weighted by molar-refractivity contribution is -0.348. The molecule has 37 heavy (non-hydrogen) atoms. The van der Waals surface area contributed by atoms with E-state index in [1.807, 2.05) is 0 Å². The lowest BCUT2D eigenvalue weighted by atomic mass is 9.69. The first-order valence-corrected chi connectivity index (χ1v) is 13.0. The van der Waals surface area contributed by atoms with E-state index >= 15 is 0 Å². The molecule has 0 spiro atoms. The molecular weight excluding hydrogens is 532 g/mol. The Bertz CT molecular complexity index is 1280. The average Bonchev–Trinajstić information content (AvgIpc) is 3.19. The van der Waals surface area contributed by atoms with Crippen molar-refractivity contribution in [2.75, 3.05) is 0 Å². The summed E-state index contributed by atoms with van der Waals surface area (Å²) in [6.07, 6.45) is -12.6. The second-order valence-electron chi connectivity index (χ2n) is 10.3. The van der Waals surface area contributed by atoms with Crippen molar-refractivity contribution in [3.63, 3.8) is 0 Å². The molecule has 1 fully saturated rings. The van der Waals surface area contributed by atoms with Crippen molar-refractivity contribution in [1.82, 2.24) is 0 Å². The number of rotatable bonds is 4. The Morgan fingerprint density at radius 2 is 1.46 bits per heavy atom. The van der Waals surface area contributed by atoms with Crippen molar-refractivity contribution < 1.29 is 48.6 Å². The number of halogens is 8. The number of alkyl halides is 7. The highest BCUT2D eigenvalue weighted by Gasteiger charge is 2.74. The van der Waals surface area contributed by atoms with E-state index in [-0.39, 0.29) is 41.7 Å². The highest BCUT2D eigenvalue weighted by Crippen LogP contribution is 2.62. The van der Waals surface area contributed by atoms with Gasteiger partial charge in [-0.1, -0.05) is 18.2 Å². The Morgan fingerprint density at radius 3 is 1.97 bits per heavy atom. The zero-order valence-electron chi connectivity index (χ0n) is 19.7. The van der Waals surface area contributed by atoms with Gasteiger partial charge in [0.05, 0.1) is 10.5 Å². The van der Waals surface area contributed by atoms with Crippen LogP contribution in [0.2, 0.25) is 0 Å². The van der Waals surface area contributed by atoms with Gasteiger partial charge in [-0.15, -0.1) is 0 Å². The van der Waals surface area contributed by atoms with Crippen LogP contribution in [0.3, 0.4) is 0 Å². The van der Waals surface area contributed by atoms with Gasteiger partial charge < -0.3 is 5.11 Å². The first-order valence-electron chi connectivity index (χ1n) is 11.5. The van der Waals surface area contributed by atoms with Crippen molar-refractivity contribution >= 4 is 9.84 Å². The molecule has 3 atom stereocenters. The van der Waals surface area contributed by atoms with Crippen LogP contribution in [0.25, 0.3) is 0 Å². The molecule has 12 heteroatoms. The van der Waals surface area contributed by atoms with Gasteiger partial charge in [0, 0.05) is 5.56 Å². The summed E-state index contributed by atoms with van der Waals surface area (Å²) in [5.74, 6) is -2.02. The van der Waals surface area contributed by atoms with E-state index in [0.717, 1.165) is 30.3 Å². The third-order valence-corrected chi connectivity index (χ3v) is 10.5. The summed E-state index contributed by atoms with van der Waals surface area (Å²) in [7, 11) is -4.40. The minimum absolute atomic E-state index is 0.0167. The Balaban J connectivity index is 1.97. The number of sulfone groups is 1. The second kappa shape index (κ2) is 8.39. The van der Waals surface area contributed by atoms with E-state index in [1.54, 1.807) is 0 Å². The van der Waals surface area contributed by atoms with Crippen LogP contribution in [-0.4, -0.2) is 31.5 Å². The molecule has 2 aliphatic carbocycles. The summed E-state index contributed by atoms with van der Waals surface area (Å²) >= 11 is 0. The largest absolute Gasteiger partial charge is 0.435 e. The van der Waals surface area contributed by atoms with Gasteiger partial charge >= 0.3 is 18.0 Å². The number of aliphatic hydroxyl groups is 1. The van der Waals surface area contributed by atoms with Crippen LogP contribution in [0, 0.1) is 17.7 Å². The van der Waals surface area contributed by atoms with Crippen molar-refractivity contribution in [1.29, 1.82) is 0 Å². The predicted molar refractivity (Wildman–Crippen MR) is 117 cm³/mol. The molecule has 0 saturated heterocycles. The highest BCUT2D eigenvalue weighted by atomic mass is 32.2. The van der Waals surface area contributed by atoms with Crippen molar-refractivity contribution in [2.24, 2.45) is 11.8 Å². The fraction of sp³-hybridized carbons (Fsp3) is 0.520. The molecule has 1 saturated carbocycles. The second-order valence-corrected chi connectivity index (χ2v) is 12.5. The maximum Gasteiger partial charge on any atom is 0.435 e. The molecule has 204 valence electrons.